The molecule has 2 N–H and O–H groups in total. The molecule has 0 atom stereocenters. The molecule has 0 radical (unpaired) electrons. The molecule has 2 aliphatic rings. The summed E-state index contributed by atoms with van der Waals surface area (Å²) < 4.78 is 2.21. The van der Waals surface area contributed by atoms with E-state index in [0.717, 1.165) is 43.7 Å². The first kappa shape index (κ1) is 17.1. The molecular weight excluding hydrogens is 324 g/mol. The van der Waals surface area contributed by atoms with Crippen molar-refractivity contribution in [1.82, 2.24) is 25.4 Å². The van der Waals surface area contributed by atoms with Crippen molar-refractivity contribution >= 4 is 5.96 Å². The van der Waals surface area contributed by atoms with Crippen LogP contribution in [0.25, 0.3) is 0 Å². The normalized spacial score (nSPS) is 18.3. The Kier molecular flexibility index (Phi) is 4.91. The SMILES string of the molecule is CCNC(=NCc1nnc2n1CCC2)NCC1(c2ccccc2)CCC1. The highest BCUT2D eigenvalue weighted by Crippen LogP contribution is 2.43. The van der Waals surface area contributed by atoms with Gasteiger partial charge in [-0.15, -0.1) is 10.2 Å². The average Bonchev–Trinajstić information content (AvgIpc) is 3.24. The van der Waals surface area contributed by atoms with Crippen LogP contribution in [0.1, 0.15) is 49.8 Å². The molecule has 1 aliphatic carbocycles. The molecule has 0 bridgehead atoms. The summed E-state index contributed by atoms with van der Waals surface area (Å²) in [7, 11) is 0. The fraction of sp³-hybridized carbons (Fsp3) is 0.550. The zero-order valence-electron chi connectivity index (χ0n) is 15.5. The van der Waals surface area contributed by atoms with E-state index in [9.17, 15) is 0 Å². The maximum Gasteiger partial charge on any atom is 0.191 e. The fourth-order valence-corrected chi connectivity index (χ4v) is 4.03. The van der Waals surface area contributed by atoms with Gasteiger partial charge < -0.3 is 15.2 Å². The second-order valence-corrected chi connectivity index (χ2v) is 7.34. The number of guanidine groups is 1. The summed E-state index contributed by atoms with van der Waals surface area (Å²) >= 11 is 0. The van der Waals surface area contributed by atoms with Crippen molar-refractivity contribution in [2.45, 2.75) is 57.5 Å². The van der Waals surface area contributed by atoms with E-state index < -0.39 is 0 Å². The quantitative estimate of drug-likeness (QED) is 0.619. The molecule has 6 heteroatoms. The van der Waals surface area contributed by atoms with Gasteiger partial charge in [0, 0.05) is 31.5 Å². The lowest BCUT2D eigenvalue weighted by atomic mass is 9.64. The van der Waals surface area contributed by atoms with Crippen molar-refractivity contribution < 1.29 is 0 Å². The zero-order chi connectivity index (χ0) is 17.8. The Morgan fingerprint density at radius 3 is 2.73 bits per heavy atom. The smallest absolute Gasteiger partial charge is 0.191 e. The lowest BCUT2D eigenvalue weighted by Gasteiger charge is -2.43. The van der Waals surface area contributed by atoms with Gasteiger partial charge in [-0.05, 0) is 31.7 Å². The highest BCUT2D eigenvalue weighted by Gasteiger charge is 2.38. The molecule has 2 aromatic rings. The molecule has 0 saturated heterocycles. The van der Waals surface area contributed by atoms with Gasteiger partial charge >= 0.3 is 0 Å². The molecule has 1 aromatic heterocycles. The molecule has 4 rings (SSSR count). The molecule has 26 heavy (non-hydrogen) atoms. The van der Waals surface area contributed by atoms with Gasteiger partial charge in [0.25, 0.3) is 0 Å². The first-order valence-corrected chi connectivity index (χ1v) is 9.79. The van der Waals surface area contributed by atoms with Gasteiger partial charge in [0.1, 0.15) is 12.4 Å². The van der Waals surface area contributed by atoms with Crippen LogP contribution >= 0.6 is 0 Å². The molecule has 138 valence electrons. The summed E-state index contributed by atoms with van der Waals surface area (Å²) in [5.74, 6) is 2.94. The Balaban J connectivity index is 1.43. The minimum absolute atomic E-state index is 0.244. The average molecular weight is 352 g/mol. The van der Waals surface area contributed by atoms with Gasteiger partial charge in [0.15, 0.2) is 11.8 Å². The second-order valence-electron chi connectivity index (χ2n) is 7.34. The van der Waals surface area contributed by atoms with Gasteiger partial charge in [-0.1, -0.05) is 36.8 Å². The molecule has 6 nitrogen and oxygen atoms in total. The lowest BCUT2D eigenvalue weighted by Crippen LogP contribution is -2.48. The van der Waals surface area contributed by atoms with Crippen LogP contribution in [0.5, 0.6) is 0 Å². The molecule has 1 aliphatic heterocycles. The number of fused-ring (bicyclic) bond motifs is 1. The Morgan fingerprint density at radius 2 is 2.00 bits per heavy atom. The monoisotopic (exact) mass is 352 g/mol. The van der Waals surface area contributed by atoms with Crippen LogP contribution in [-0.4, -0.2) is 33.8 Å². The molecule has 1 aromatic carbocycles. The highest BCUT2D eigenvalue weighted by atomic mass is 15.3. The summed E-state index contributed by atoms with van der Waals surface area (Å²) in [5, 5.41) is 15.5. The Bertz CT molecular complexity index is 760. The van der Waals surface area contributed by atoms with Gasteiger partial charge in [-0.2, -0.15) is 0 Å². The zero-order valence-corrected chi connectivity index (χ0v) is 15.5. The van der Waals surface area contributed by atoms with Crippen molar-refractivity contribution in [2.75, 3.05) is 13.1 Å². The summed E-state index contributed by atoms with van der Waals surface area (Å²) in [6, 6.07) is 10.9. The molecule has 1 saturated carbocycles. The number of aromatic nitrogens is 3. The topological polar surface area (TPSA) is 67.1 Å². The third-order valence-corrected chi connectivity index (χ3v) is 5.70. The van der Waals surface area contributed by atoms with Crippen molar-refractivity contribution in [3.63, 3.8) is 0 Å². The number of rotatable bonds is 6. The van der Waals surface area contributed by atoms with Crippen LogP contribution < -0.4 is 10.6 Å². The summed E-state index contributed by atoms with van der Waals surface area (Å²) in [4.78, 5) is 4.76. The second kappa shape index (κ2) is 7.48. The van der Waals surface area contributed by atoms with E-state index in [2.05, 4.69) is 62.7 Å². The van der Waals surface area contributed by atoms with Gasteiger partial charge in [0.2, 0.25) is 0 Å². The van der Waals surface area contributed by atoms with Crippen molar-refractivity contribution in [2.24, 2.45) is 4.99 Å². The summed E-state index contributed by atoms with van der Waals surface area (Å²) in [6.45, 7) is 5.46. The number of hydrogen-bond donors (Lipinski definition) is 2. The van der Waals surface area contributed by atoms with Crippen LogP contribution in [0.2, 0.25) is 0 Å². The van der Waals surface area contributed by atoms with Crippen molar-refractivity contribution in [1.29, 1.82) is 0 Å². The maximum atomic E-state index is 4.76. The standard InChI is InChI=1S/C20H28N6/c1-2-21-19(22-14-18-25-24-17-10-6-13-26(17)18)23-15-20(11-7-12-20)16-8-4-3-5-9-16/h3-5,8-9H,2,6-7,10-15H2,1H3,(H2,21,22,23). The Hall–Kier alpha value is -2.37. The largest absolute Gasteiger partial charge is 0.357 e. The predicted molar refractivity (Wildman–Crippen MR) is 103 cm³/mol. The van der Waals surface area contributed by atoms with Crippen LogP contribution in [0, 0.1) is 0 Å². The van der Waals surface area contributed by atoms with Gasteiger partial charge in [0.05, 0.1) is 0 Å². The van der Waals surface area contributed by atoms with Gasteiger partial charge in [-0.3, -0.25) is 0 Å². The van der Waals surface area contributed by atoms with Crippen LogP contribution in [0.4, 0.5) is 0 Å². The van der Waals surface area contributed by atoms with E-state index in [-0.39, 0.29) is 5.41 Å². The summed E-state index contributed by atoms with van der Waals surface area (Å²) in [5.41, 5.74) is 1.68. The Morgan fingerprint density at radius 1 is 1.15 bits per heavy atom. The number of hydrogen-bond acceptors (Lipinski definition) is 3. The van der Waals surface area contributed by atoms with E-state index in [4.69, 9.17) is 4.99 Å². The van der Waals surface area contributed by atoms with E-state index in [1.807, 2.05) is 0 Å². The summed E-state index contributed by atoms with van der Waals surface area (Å²) in [6.07, 6.45) is 5.98. The lowest BCUT2D eigenvalue weighted by molar-refractivity contribution is 0.244. The molecule has 0 amide bonds. The van der Waals surface area contributed by atoms with Gasteiger partial charge in [-0.25, -0.2) is 4.99 Å². The molecule has 2 heterocycles. The van der Waals surface area contributed by atoms with E-state index >= 15 is 0 Å². The first-order valence-electron chi connectivity index (χ1n) is 9.79. The highest BCUT2D eigenvalue weighted by molar-refractivity contribution is 5.79. The number of aliphatic imine (C=N–C) groups is 1. The van der Waals surface area contributed by atoms with E-state index in [1.165, 1.54) is 31.2 Å². The molecule has 0 unspecified atom stereocenters. The van der Waals surface area contributed by atoms with Crippen LogP contribution in [0.3, 0.4) is 0 Å². The van der Waals surface area contributed by atoms with Crippen molar-refractivity contribution in [3.05, 3.63) is 47.5 Å². The molecular formula is C20H28N6. The predicted octanol–water partition coefficient (Wildman–Crippen LogP) is 2.40. The molecule has 0 spiro atoms. The number of benzene rings is 1. The fourth-order valence-electron chi connectivity index (χ4n) is 4.03. The molecule has 1 fully saturated rings. The Labute approximate surface area is 155 Å². The van der Waals surface area contributed by atoms with E-state index in [1.54, 1.807) is 0 Å². The number of nitrogens with one attached hydrogen (secondary N) is 2. The first-order chi connectivity index (χ1) is 12.8. The van der Waals surface area contributed by atoms with E-state index in [0.29, 0.717) is 6.54 Å². The maximum absolute atomic E-state index is 4.76. The number of nitrogens with zero attached hydrogens (tertiary/aromatic N) is 4. The third kappa shape index (κ3) is 3.32. The number of aryl methyl sites for hydroxylation is 1. The minimum Gasteiger partial charge on any atom is -0.357 e. The minimum atomic E-state index is 0.244. The van der Waals surface area contributed by atoms with Crippen LogP contribution in [-0.2, 0) is 24.9 Å². The third-order valence-electron chi connectivity index (χ3n) is 5.70. The van der Waals surface area contributed by atoms with Crippen LogP contribution in [0.15, 0.2) is 35.3 Å². The van der Waals surface area contributed by atoms with Crippen molar-refractivity contribution in [3.8, 4) is 0 Å².